The first-order valence-electron chi connectivity index (χ1n) is 6.64. The number of pyridine rings is 1. The molecular weight excluding hydrogens is 254 g/mol. The molecule has 0 aliphatic carbocycles. The van der Waals surface area contributed by atoms with E-state index in [1.165, 1.54) is 0 Å². The smallest absolute Gasteiger partial charge is 0.221 e. The van der Waals surface area contributed by atoms with Gasteiger partial charge in [0.05, 0.1) is 0 Å². The number of carbonyl (C=O) groups excluding carboxylic acids is 1. The zero-order valence-corrected chi connectivity index (χ0v) is 11.7. The molecule has 106 valence electrons. The predicted molar refractivity (Wildman–Crippen MR) is 78.5 cm³/mol. The van der Waals surface area contributed by atoms with Crippen molar-refractivity contribution in [1.29, 1.82) is 0 Å². The standard InChI is InChI=1S/C15H19N3O2/c1-10(17-8-7-14(19)16-2)13-9-18-15(20)12-6-4-3-5-11(12)13/h3-6,9-10,17H,7-8H2,1-2H3,(H,16,19)(H,18,20). The maximum Gasteiger partial charge on any atom is 0.221 e. The van der Waals surface area contributed by atoms with Crippen LogP contribution in [0.4, 0.5) is 0 Å². The number of rotatable bonds is 5. The van der Waals surface area contributed by atoms with E-state index in [1.54, 1.807) is 13.2 Å². The zero-order chi connectivity index (χ0) is 14.5. The average molecular weight is 273 g/mol. The summed E-state index contributed by atoms with van der Waals surface area (Å²) >= 11 is 0. The molecule has 2 rings (SSSR count). The lowest BCUT2D eigenvalue weighted by atomic mass is 10.0. The molecule has 0 radical (unpaired) electrons. The van der Waals surface area contributed by atoms with Gasteiger partial charge in [-0.3, -0.25) is 4.79 Å². The van der Waals surface area contributed by atoms with Crippen LogP contribution in [-0.4, -0.2) is 29.6 Å². The number of fused-ring (bicyclic) bond motifs is 1. The maximum atomic E-state index is 11.2. The molecule has 2 aromatic rings. The van der Waals surface area contributed by atoms with Crippen molar-refractivity contribution in [1.82, 2.24) is 15.6 Å². The van der Waals surface area contributed by atoms with Gasteiger partial charge in [-0.15, -0.1) is 0 Å². The van der Waals surface area contributed by atoms with Gasteiger partial charge in [0.1, 0.15) is 0 Å². The summed E-state index contributed by atoms with van der Waals surface area (Å²) < 4.78 is 0. The van der Waals surface area contributed by atoms with E-state index < -0.39 is 0 Å². The second kappa shape index (κ2) is 6.34. The molecule has 0 bridgehead atoms. The second-order valence-corrected chi connectivity index (χ2v) is 4.68. The molecule has 5 nitrogen and oxygen atoms in total. The first-order chi connectivity index (χ1) is 9.63. The molecule has 0 fully saturated rings. The third kappa shape index (κ3) is 3.05. The number of carbonyl (C=O) groups is 1. The van der Waals surface area contributed by atoms with Gasteiger partial charge in [-0.05, 0) is 23.9 Å². The van der Waals surface area contributed by atoms with Gasteiger partial charge in [-0.25, -0.2) is 4.98 Å². The molecule has 0 spiro atoms. The summed E-state index contributed by atoms with van der Waals surface area (Å²) in [5.41, 5.74) is 1.01. The fourth-order valence-corrected chi connectivity index (χ4v) is 2.18. The summed E-state index contributed by atoms with van der Waals surface area (Å²) in [6.07, 6.45) is 2.11. The number of benzene rings is 1. The Morgan fingerprint density at radius 3 is 2.75 bits per heavy atom. The molecule has 0 aliphatic heterocycles. The summed E-state index contributed by atoms with van der Waals surface area (Å²) in [6.45, 7) is 2.61. The van der Waals surface area contributed by atoms with Crippen LogP contribution in [0.5, 0.6) is 5.88 Å². The summed E-state index contributed by atoms with van der Waals surface area (Å²) in [7, 11) is 1.63. The Hall–Kier alpha value is -2.14. The summed E-state index contributed by atoms with van der Waals surface area (Å²) in [4.78, 5) is 15.2. The van der Waals surface area contributed by atoms with Crippen LogP contribution in [0.25, 0.3) is 10.8 Å². The quantitative estimate of drug-likeness (QED) is 0.775. The largest absolute Gasteiger partial charge is 0.493 e. The van der Waals surface area contributed by atoms with Crippen molar-refractivity contribution in [2.24, 2.45) is 0 Å². The fraction of sp³-hybridized carbons (Fsp3) is 0.333. The van der Waals surface area contributed by atoms with Crippen molar-refractivity contribution in [3.8, 4) is 5.88 Å². The van der Waals surface area contributed by atoms with Gasteiger partial charge in [-0.2, -0.15) is 0 Å². The minimum Gasteiger partial charge on any atom is -0.493 e. The van der Waals surface area contributed by atoms with Crippen LogP contribution >= 0.6 is 0 Å². The lowest BCUT2D eigenvalue weighted by molar-refractivity contribution is -0.120. The maximum absolute atomic E-state index is 11.2. The molecule has 20 heavy (non-hydrogen) atoms. The van der Waals surface area contributed by atoms with E-state index >= 15 is 0 Å². The monoisotopic (exact) mass is 273 g/mol. The van der Waals surface area contributed by atoms with E-state index in [0.717, 1.165) is 16.3 Å². The Morgan fingerprint density at radius 2 is 2.05 bits per heavy atom. The van der Waals surface area contributed by atoms with Gasteiger partial charge < -0.3 is 15.7 Å². The van der Waals surface area contributed by atoms with Crippen molar-refractivity contribution in [3.63, 3.8) is 0 Å². The molecule has 1 atom stereocenters. The fourth-order valence-electron chi connectivity index (χ4n) is 2.18. The van der Waals surface area contributed by atoms with E-state index in [1.807, 2.05) is 31.2 Å². The summed E-state index contributed by atoms with van der Waals surface area (Å²) in [5.74, 6) is 0.0558. The molecule has 3 N–H and O–H groups in total. The van der Waals surface area contributed by atoms with Gasteiger partial charge in [0.2, 0.25) is 11.8 Å². The lowest BCUT2D eigenvalue weighted by Crippen LogP contribution is -2.26. The number of aromatic nitrogens is 1. The number of aromatic hydroxyl groups is 1. The van der Waals surface area contributed by atoms with E-state index in [0.29, 0.717) is 13.0 Å². The number of nitrogens with zero attached hydrogens (tertiary/aromatic N) is 1. The molecule has 1 aromatic carbocycles. The minimum absolute atomic E-state index is 0.0124. The molecule has 0 saturated carbocycles. The average Bonchev–Trinajstić information content (AvgIpc) is 2.47. The molecule has 1 unspecified atom stereocenters. The summed E-state index contributed by atoms with van der Waals surface area (Å²) in [5, 5.41) is 17.4. The highest BCUT2D eigenvalue weighted by molar-refractivity contribution is 5.89. The van der Waals surface area contributed by atoms with Crippen molar-refractivity contribution in [3.05, 3.63) is 36.0 Å². The van der Waals surface area contributed by atoms with Crippen LogP contribution < -0.4 is 10.6 Å². The molecule has 5 heteroatoms. The molecule has 1 aromatic heterocycles. The third-order valence-corrected chi connectivity index (χ3v) is 3.35. The van der Waals surface area contributed by atoms with Gasteiger partial charge in [0.25, 0.3) is 0 Å². The number of hydrogen-bond acceptors (Lipinski definition) is 4. The van der Waals surface area contributed by atoms with Gasteiger partial charge in [0.15, 0.2) is 0 Å². The predicted octanol–water partition coefficient (Wildman–Crippen LogP) is 1.73. The van der Waals surface area contributed by atoms with Crippen LogP contribution in [0.3, 0.4) is 0 Å². The SMILES string of the molecule is CNC(=O)CCNC(C)c1cnc(O)c2ccccc12. The number of hydrogen-bond donors (Lipinski definition) is 3. The molecule has 1 heterocycles. The van der Waals surface area contributed by atoms with Crippen LogP contribution in [0.15, 0.2) is 30.5 Å². The minimum atomic E-state index is 0.0124. The van der Waals surface area contributed by atoms with Crippen molar-refractivity contribution in [2.75, 3.05) is 13.6 Å². The van der Waals surface area contributed by atoms with Crippen LogP contribution in [0.2, 0.25) is 0 Å². The first kappa shape index (κ1) is 14.3. The highest BCUT2D eigenvalue weighted by Gasteiger charge is 2.12. The number of amides is 1. The van der Waals surface area contributed by atoms with Gasteiger partial charge >= 0.3 is 0 Å². The normalized spacial score (nSPS) is 12.3. The van der Waals surface area contributed by atoms with Crippen molar-refractivity contribution >= 4 is 16.7 Å². The van der Waals surface area contributed by atoms with E-state index in [-0.39, 0.29) is 17.8 Å². The molecule has 1 amide bonds. The Morgan fingerprint density at radius 1 is 1.35 bits per heavy atom. The first-order valence-corrected chi connectivity index (χ1v) is 6.64. The van der Waals surface area contributed by atoms with Crippen LogP contribution in [0, 0.1) is 0 Å². The third-order valence-electron chi connectivity index (χ3n) is 3.35. The van der Waals surface area contributed by atoms with E-state index in [2.05, 4.69) is 15.6 Å². The Bertz CT molecular complexity index is 613. The number of nitrogens with one attached hydrogen (secondary N) is 2. The lowest BCUT2D eigenvalue weighted by Gasteiger charge is -2.16. The topological polar surface area (TPSA) is 74.2 Å². The highest BCUT2D eigenvalue weighted by Crippen LogP contribution is 2.28. The second-order valence-electron chi connectivity index (χ2n) is 4.68. The molecule has 0 aliphatic rings. The molecular formula is C15H19N3O2. The zero-order valence-electron chi connectivity index (χ0n) is 11.7. The Kier molecular flexibility index (Phi) is 4.53. The summed E-state index contributed by atoms with van der Waals surface area (Å²) in [6, 6.07) is 7.67. The Balaban J connectivity index is 2.16. The van der Waals surface area contributed by atoms with Crippen LogP contribution in [0.1, 0.15) is 24.9 Å². The van der Waals surface area contributed by atoms with E-state index in [9.17, 15) is 9.90 Å². The van der Waals surface area contributed by atoms with Gasteiger partial charge in [-0.1, -0.05) is 18.2 Å². The van der Waals surface area contributed by atoms with Crippen LogP contribution in [-0.2, 0) is 4.79 Å². The molecule has 0 saturated heterocycles. The van der Waals surface area contributed by atoms with E-state index in [4.69, 9.17) is 0 Å². The van der Waals surface area contributed by atoms with Gasteiger partial charge in [0, 0.05) is 37.6 Å². The Labute approximate surface area is 118 Å². The highest BCUT2D eigenvalue weighted by atomic mass is 16.3. The van der Waals surface area contributed by atoms with Crippen molar-refractivity contribution in [2.45, 2.75) is 19.4 Å². The van der Waals surface area contributed by atoms with Crippen molar-refractivity contribution < 1.29 is 9.90 Å².